The molecule has 1 aliphatic heterocycles. The van der Waals surface area contributed by atoms with Crippen molar-refractivity contribution in [2.75, 3.05) is 4.90 Å². The Balaban J connectivity index is 1.21. The molecule has 0 saturated carbocycles. The molecule has 0 aromatic heterocycles. The molecule has 2 unspecified atom stereocenters. The molecule has 0 bridgehead atoms. The summed E-state index contributed by atoms with van der Waals surface area (Å²) in [6, 6.07) is 49.4. The molecule has 2 atom stereocenters. The summed E-state index contributed by atoms with van der Waals surface area (Å²) in [6.45, 7) is 19.4. The van der Waals surface area contributed by atoms with Crippen molar-refractivity contribution in [2.24, 2.45) is 0 Å². The van der Waals surface area contributed by atoms with Crippen LogP contribution in [-0.2, 0) is 16.2 Å². The Hall–Kier alpha value is -5.40. The van der Waals surface area contributed by atoms with Gasteiger partial charge in [0.2, 0.25) is 0 Å². The quantitative estimate of drug-likeness (QED) is 0.165. The maximum atomic E-state index is 2.66. The zero-order chi connectivity index (χ0) is 37.1. The van der Waals surface area contributed by atoms with Crippen LogP contribution in [0, 0.1) is 0 Å². The van der Waals surface area contributed by atoms with Gasteiger partial charge in [0.25, 0.3) is 0 Å². The zero-order valence-corrected chi connectivity index (χ0v) is 32.7. The SMILES string of the molecule is CC1c2ccccc2N(c2cc3c(c4ccccc24)-c2cc4c(cc2C3(C)C)-c2ccccc2C4(C)C)c2cc3c(cc2C1C)-c1ccccc1C3(C)C. The first-order valence-electron chi connectivity index (χ1n) is 19.9. The molecule has 0 amide bonds. The highest BCUT2D eigenvalue weighted by Gasteiger charge is 2.44. The third kappa shape index (κ3) is 3.85. The van der Waals surface area contributed by atoms with E-state index < -0.39 is 0 Å². The first-order valence-corrected chi connectivity index (χ1v) is 19.9. The number of anilines is 3. The fourth-order valence-corrected chi connectivity index (χ4v) is 11.3. The van der Waals surface area contributed by atoms with E-state index in [-0.39, 0.29) is 16.2 Å². The van der Waals surface area contributed by atoms with E-state index in [0.717, 1.165) is 0 Å². The molecule has 0 radical (unpaired) electrons. The van der Waals surface area contributed by atoms with Gasteiger partial charge in [-0.1, -0.05) is 146 Å². The second-order valence-electron chi connectivity index (χ2n) is 18.2. The van der Waals surface area contributed by atoms with Crippen molar-refractivity contribution in [1.82, 2.24) is 0 Å². The van der Waals surface area contributed by atoms with E-state index in [4.69, 9.17) is 0 Å². The minimum atomic E-state index is -0.184. The van der Waals surface area contributed by atoms with Crippen molar-refractivity contribution in [3.05, 3.63) is 172 Å². The van der Waals surface area contributed by atoms with E-state index in [0.29, 0.717) is 11.8 Å². The number of para-hydroxylation sites is 1. The van der Waals surface area contributed by atoms with Crippen LogP contribution < -0.4 is 4.90 Å². The second kappa shape index (κ2) is 10.4. The summed E-state index contributed by atoms with van der Waals surface area (Å²) in [5.41, 5.74) is 23.3. The molecule has 0 saturated heterocycles. The molecule has 3 aliphatic carbocycles. The highest BCUT2D eigenvalue weighted by Crippen LogP contribution is 2.61. The molecular weight excluding hydrogens is 651 g/mol. The molecule has 1 heteroatoms. The molecule has 0 spiro atoms. The monoisotopic (exact) mass is 697 g/mol. The van der Waals surface area contributed by atoms with Gasteiger partial charge in [-0.15, -0.1) is 0 Å². The maximum absolute atomic E-state index is 2.66. The number of nitrogens with zero attached hydrogens (tertiary/aromatic N) is 1. The Morgan fingerprint density at radius 2 is 0.852 bits per heavy atom. The topological polar surface area (TPSA) is 3.24 Å². The highest BCUT2D eigenvalue weighted by atomic mass is 15.2. The summed E-state index contributed by atoms with van der Waals surface area (Å²) in [5.74, 6) is 0.685. The van der Waals surface area contributed by atoms with Gasteiger partial charge in [0.05, 0.1) is 5.69 Å². The van der Waals surface area contributed by atoms with Gasteiger partial charge >= 0.3 is 0 Å². The molecular formula is C53H47N. The fourth-order valence-electron chi connectivity index (χ4n) is 11.3. The maximum Gasteiger partial charge on any atom is 0.0543 e. The van der Waals surface area contributed by atoms with Crippen LogP contribution in [0.5, 0.6) is 0 Å². The van der Waals surface area contributed by atoms with Gasteiger partial charge in [0, 0.05) is 33.0 Å². The van der Waals surface area contributed by atoms with Crippen LogP contribution in [0.1, 0.15) is 112 Å². The van der Waals surface area contributed by atoms with Crippen LogP contribution in [0.2, 0.25) is 0 Å². The Kier molecular flexibility index (Phi) is 6.19. The van der Waals surface area contributed by atoms with Crippen LogP contribution in [-0.4, -0.2) is 0 Å². The van der Waals surface area contributed by atoms with Crippen LogP contribution in [0.3, 0.4) is 0 Å². The third-order valence-corrected chi connectivity index (χ3v) is 14.5. The fraction of sp³-hybridized carbons (Fsp3) is 0.245. The third-order valence-electron chi connectivity index (χ3n) is 14.5. The van der Waals surface area contributed by atoms with Crippen molar-refractivity contribution < 1.29 is 0 Å². The summed E-state index contributed by atoms with van der Waals surface area (Å²) >= 11 is 0. The van der Waals surface area contributed by atoms with E-state index in [2.05, 4.69) is 188 Å². The van der Waals surface area contributed by atoms with Gasteiger partial charge in [-0.25, -0.2) is 0 Å². The lowest BCUT2D eigenvalue weighted by molar-refractivity contribution is 0.629. The normalized spacial score (nSPS) is 19.9. The van der Waals surface area contributed by atoms with Crippen molar-refractivity contribution in [3.8, 4) is 33.4 Å². The van der Waals surface area contributed by atoms with E-state index in [1.54, 1.807) is 0 Å². The lowest BCUT2D eigenvalue weighted by Gasteiger charge is -2.32. The van der Waals surface area contributed by atoms with Crippen molar-refractivity contribution in [2.45, 2.75) is 83.5 Å². The smallest absolute Gasteiger partial charge is 0.0543 e. The number of hydrogen-bond donors (Lipinski definition) is 0. The van der Waals surface area contributed by atoms with Crippen molar-refractivity contribution >= 4 is 27.8 Å². The summed E-state index contributed by atoms with van der Waals surface area (Å²) < 4.78 is 0. The molecule has 0 fully saturated rings. The van der Waals surface area contributed by atoms with Crippen LogP contribution in [0.15, 0.2) is 127 Å². The van der Waals surface area contributed by atoms with Gasteiger partial charge in [-0.05, 0) is 132 Å². The Morgan fingerprint density at radius 1 is 0.370 bits per heavy atom. The molecule has 4 aliphatic rings. The second-order valence-corrected chi connectivity index (χ2v) is 18.2. The molecule has 7 aromatic rings. The highest BCUT2D eigenvalue weighted by molar-refractivity contribution is 6.11. The zero-order valence-electron chi connectivity index (χ0n) is 32.7. The molecule has 54 heavy (non-hydrogen) atoms. The predicted molar refractivity (Wildman–Crippen MR) is 228 cm³/mol. The Bertz CT molecular complexity index is 2790. The van der Waals surface area contributed by atoms with Crippen molar-refractivity contribution in [3.63, 3.8) is 0 Å². The van der Waals surface area contributed by atoms with Gasteiger partial charge in [0.1, 0.15) is 0 Å². The first kappa shape index (κ1) is 32.1. The Labute approximate surface area is 320 Å². The van der Waals surface area contributed by atoms with Gasteiger partial charge < -0.3 is 4.90 Å². The number of benzene rings is 7. The summed E-state index contributed by atoms with van der Waals surface area (Å²) in [4.78, 5) is 2.66. The van der Waals surface area contributed by atoms with Crippen molar-refractivity contribution in [1.29, 1.82) is 0 Å². The molecule has 7 aromatic carbocycles. The summed E-state index contributed by atoms with van der Waals surface area (Å²) in [5, 5.41) is 2.64. The number of rotatable bonds is 1. The minimum Gasteiger partial charge on any atom is -0.309 e. The van der Waals surface area contributed by atoms with Gasteiger partial charge in [-0.2, -0.15) is 0 Å². The number of hydrogen-bond acceptors (Lipinski definition) is 1. The standard InChI is InChI=1S/C53H47N/c1-30-31(2)37-25-38-33-18-11-14-22-41(33)52(5,6)45(38)28-49(37)54(47-24-16-13-17-32(30)47)48-29-46-50(36-21-10-9-20-35(36)48)40-27-43-39(26-44(40)53(46,7)8)34-19-12-15-23-42(34)51(43,3)4/h9-31H,1-8H3. The molecule has 1 heterocycles. The van der Waals surface area contributed by atoms with Crippen LogP contribution >= 0.6 is 0 Å². The van der Waals surface area contributed by atoms with Crippen LogP contribution in [0.4, 0.5) is 17.1 Å². The predicted octanol–water partition coefficient (Wildman–Crippen LogP) is 14.4. The van der Waals surface area contributed by atoms with E-state index in [9.17, 15) is 0 Å². The first-order chi connectivity index (χ1) is 25.9. The average Bonchev–Trinajstić information content (AvgIpc) is 3.62. The van der Waals surface area contributed by atoms with Gasteiger partial charge in [-0.3, -0.25) is 0 Å². The van der Waals surface area contributed by atoms with E-state index >= 15 is 0 Å². The summed E-state index contributed by atoms with van der Waals surface area (Å²) in [7, 11) is 0. The number of fused-ring (bicyclic) bond motifs is 13. The van der Waals surface area contributed by atoms with Crippen LogP contribution in [0.25, 0.3) is 44.2 Å². The lowest BCUT2D eigenvalue weighted by atomic mass is 9.79. The minimum absolute atomic E-state index is 0.0514. The molecule has 264 valence electrons. The largest absolute Gasteiger partial charge is 0.309 e. The van der Waals surface area contributed by atoms with Gasteiger partial charge in [0.15, 0.2) is 0 Å². The summed E-state index contributed by atoms with van der Waals surface area (Å²) in [6.07, 6.45) is 0. The molecule has 1 nitrogen and oxygen atoms in total. The van der Waals surface area contributed by atoms with E-state index in [1.165, 1.54) is 106 Å². The lowest BCUT2D eigenvalue weighted by Crippen LogP contribution is -2.19. The molecule has 11 rings (SSSR count). The Morgan fingerprint density at radius 3 is 1.56 bits per heavy atom. The average molecular weight is 698 g/mol. The molecule has 0 N–H and O–H groups in total. The van der Waals surface area contributed by atoms with E-state index in [1.807, 2.05) is 0 Å².